The molecule has 0 aromatic rings. The van der Waals surface area contributed by atoms with E-state index in [4.69, 9.17) is 4.99 Å². The van der Waals surface area contributed by atoms with E-state index < -0.39 is 0 Å². The van der Waals surface area contributed by atoms with E-state index in [1.165, 1.54) is 82.8 Å². The maximum atomic E-state index is 4.83. The molecule has 0 heterocycles. The lowest BCUT2D eigenvalue weighted by molar-refractivity contribution is 0.563. The minimum atomic E-state index is 0.539. The molecule has 0 fully saturated rings. The molecule has 0 aliphatic heterocycles. The first-order chi connectivity index (χ1) is 9.20. The molecule has 1 unspecified atom stereocenters. The Bertz CT molecular complexity index is 208. The molecule has 0 aliphatic rings. The van der Waals surface area contributed by atoms with E-state index in [-0.39, 0.29) is 0 Å². The lowest BCUT2D eigenvalue weighted by Gasteiger charge is -2.08. The summed E-state index contributed by atoms with van der Waals surface area (Å²) in [5, 5.41) is 0. The summed E-state index contributed by atoms with van der Waals surface area (Å²) in [6.45, 7) is 9.04. The van der Waals surface area contributed by atoms with Crippen molar-refractivity contribution in [1.29, 1.82) is 0 Å². The summed E-state index contributed by atoms with van der Waals surface area (Å²) in [6, 6.07) is 0.539. The molecular formula is C18H37N. The minimum Gasteiger partial charge on any atom is -0.291 e. The third kappa shape index (κ3) is 13.9. The largest absolute Gasteiger partial charge is 0.291 e. The van der Waals surface area contributed by atoms with Gasteiger partial charge in [-0.25, -0.2) is 0 Å². The van der Waals surface area contributed by atoms with Crippen LogP contribution in [0.1, 0.15) is 105 Å². The topological polar surface area (TPSA) is 12.4 Å². The van der Waals surface area contributed by atoms with Crippen molar-refractivity contribution in [3.8, 4) is 0 Å². The van der Waals surface area contributed by atoms with E-state index in [1.807, 2.05) is 0 Å². The van der Waals surface area contributed by atoms with Crippen LogP contribution in [0.4, 0.5) is 0 Å². The number of unbranched alkanes of at least 4 members (excludes halogenated alkanes) is 8. The average molecular weight is 268 g/mol. The predicted molar refractivity (Wildman–Crippen MR) is 89.3 cm³/mol. The molecule has 0 amide bonds. The number of hydrogen-bond acceptors (Lipinski definition) is 1. The zero-order chi connectivity index (χ0) is 14.3. The van der Waals surface area contributed by atoms with Gasteiger partial charge in [0.25, 0.3) is 0 Å². The first kappa shape index (κ1) is 18.7. The van der Waals surface area contributed by atoms with Crippen molar-refractivity contribution >= 4 is 5.71 Å². The fourth-order valence-electron chi connectivity index (χ4n) is 2.53. The van der Waals surface area contributed by atoms with Gasteiger partial charge in [-0.2, -0.15) is 0 Å². The summed E-state index contributed by atoms with van der Waals surface area (Å²) >= 11 is 0. The highest BCUT2D eigenvalue weighted by atomic mass is 14.8. The summed E-state index contributed by atoms with van der Waals surface area (Å²) < 4.78 is 0. The first-order valence-electron chi connectivity index (χ1n) is 8.74. The smallest absolute Gasteiger partial charge is 0.0470 e. The van der Waals surface area contributed by atoms with Gasteiger partial charge in [-0.1, -0.05) is 71.6 Å². The number of hydrogen-bond donors (Lipinski definition) is 0. The molecule has 0 N–H and O–H groups in total. The van der Waals surface area contributed by atoms with Crippen molar-refractivity contribution in [3.63, 3.8) is 0 Å². The van der Waals surface area contributed by atoms with Crippen LogP contribution in [0.2, 0.25) is 0 Å². The van der Waals surface area contributed by atoms with Gasteiger partial charge < -0.3 is 0 Å². The number of nitrogens with zero attached hydrogens (tertiary/aromatic N) is 1. The zero-order valence-electron chi connectivity index (χ0n) is 14.0. The van der Waals surface area contributed by atoms with Crippen molar-refractivity contribution in [2.75, 3.05) is 0 Å². The maximum absolute atomic E-state index is 4.83. The van der Waals surface area contributed by atoms with Crippen molar-refractivity contribution in [3.05, 3.63) is 0 Å². The molecule has 114 valence electrons. The van der Waals surface area contributed by atoms with E-state index in [0.29, 0.717) is 6.04 Å². The zero-order valence-corrected chi connectivity index (χ0v) is 14.0. The molecule has 0 aromatic carbocycles. The van der Waals surface area contributed by atoms with Gasteiger partial charge in [0.2, 0.25) is 0 Å². The molecule has 0 saturated carbocycles. The Morgan fingerprint density at radius 1 is 0.789 bits per heavy atom. The second-order valence-corrected chi connectivity index (χ2v) is 6.08. The first-order valence-corrected chi connectivity index (χ1v) is 8.74. The summed E-state index contributed by atoms with van der Waals surface area (Å²) in [4.78, 5) is 4.83. The predicted octanol–water partition coefficient (Wildman–Crippen LogP) is 6.56. The highest BCUT2D eigenvalue weighted by Crippen LogP contribution is 2.11. The Morgan fingerprint density at radius 2 is 1.32 bits per heavy atom. The van der Waals surface area contributed by atoms with E-state index in [2.05, 4.69) is 27.7 Å². The third-order valence-corrected chi connectivity index (χ3v) is 3.81. The second kappa shape index (κ2) is 14.1. The van der Waals surface area contributed by atoms with Crippen molar-refractivity contribution in [2.45, 2.75) is 111 Å². The van der Waals surface area contributed by atoms with Crippen LogP contribution in [0.3, 0.4) is 0 Å². The SMILES string of the molecule is CCCCCCCC(C)=NC(C)CCCCCCC. The summed E-state index contributed by atoms with van der Waals surface area (Å²) in [7, 11) is 0. The van der Waals surface area contributed by atoms with E-state index in [1.54, 1.807) is 0 Å². The molecule has 0 radical (unpaired) electrons. The lowest BCUT2D eigenvalue weighted by Crippen LogP contribution is -2.03. The summed E-state index contributed by atoms with van der Waals surface area (Å²) in [5.74, 6) is 0. The van der Waals surface area contributed by atoms with Gasteiger partial charge in [0.1, 0.15) is 0 Å². The van der Waals surface area contributed by atoms with Crippen LogP contribution in [0.25, 0.3) is 0 Å². The molecule has 0 spiro atoms. The highest BCUT2D eigenvalue weighted by molar-refractivity contribution is 5.81. The molecule has 1 heteroatoms. The Labute approximate surface area is 122 Å². The molecule has 0 bridgehead atoms. The van der Waals surface area contributed by atoms with Crippen LogP contribution in [0, 0.1) is 0 Å². The van der Waals surface area contributed by atoms with Gasteiger partial charge in [0.15, 0.2) is 0 Å². The fraction of sp³-hybridized carbons (Fsp3) is 0.944. The van der Waals surface area contributed by atoms with Gasteiger partial charge in [0.05, 0.1) is 0 Å². The van der Waals surface area contributed by atoms with Crippen LogP contribution < -0.4 is 0 Å². The fourth-order valence-corrected chi connectivity index (χ4v) is 2.53. The van der Waals surface area contributed by atoms with Crippen molar-refractivity contribution < 1.29 is 0 Å². The van der Waals surface area contributed by atoms with E-state index >= 15 is 0 Å². The number of aliphatic imine (C=N–C) groups is 1. The monoisotopic (exact) mass is 267 g/mol. The molecular weight excluding hydrogens is 230 g/mol. The Hall–Kier alpha value is -0.330. The third-order valence-electron chi connectivity index (χ3n) is 3.81. The van der Waals surface area contributed by atoms with E-state index in [0.717, 1.165) is 0 Å². The summed E-state index contributed by atoms with van der Waals surface area (Å²) in [6.07, 6.45) is 16.2. The van der Waals surface area contributed by atoms with Gasteiger partial charge >= 0.3 is 0 Å². The van der Waals surface area contributed by atoms with Gasteiger partial charge in [-0.05, 0) is 33.1 Å². The van der Waals surface area contributed by atoms with Crippen LogP contribution in [0.15, 0.2) is 4.99 Å². The average Bonchev–Trinajstić information content (AvgIpc) is 2.38. The molecule has 19 heavy (non-hydrogen) atoms. The molecule has 0 aromatic heterocycles. The minimum absolute atomic E-state index is 0.539. The van der Waals surface area contributed by atoms with E-state index in [9.17, 15) is 0 Å². The van der Waals surface area contributed by atoms with Crippen LogP contribution >= 0.6 is 0 Å². The lowest BCUT2D eigenvalue weighted by atomic mass is 10.1. The van der Waals surface area contributed by atoms with Crippen LogP contribution in [0.5, 0.6) is 0 Å². The quantitative estimate of drug-likeness (QED) is 0.265. The standard InChI is InChI=1S/C18H37N/c1-5-7-9-11-13-15-17(3)19-18(4)16-14-12-10-8-6-2/h17H,5-16H2,1-4H3. The Balaban J connectivity index is 3.52. The number of rotatable bonds is 13. The normalized spacial score (nSPS) is 13.8. The molecule has 0 aliphatic carbocycles. The van der Waals surface area contributed by atoms with Gasteiger partial charge in [-0.3, -0.25) is 4.99 Å². The molecule has 0 rings (SSSR count). The van der Waals surface area contributed by atoms with Crippen LogP contribution in [-0.2, 0) is 0 Å². The molecule has 1 atom stereocenters. The van der Waals surface area contributed by atoms with Crippen molar-refractivity contribution in [1.82, 2.24) is 0 Å². The Morgan fingerprint density at radius 3 is 1.89 bits per heavy atom. The molecule has 0 saturated heterocycles. The van der Waals surface area contributed by atoms with Crippen LogP contribution in [-0.4, -0.2) is 11.8 Å². The van der Waals surface area contributed by atoms with Gasteiger partial charge in [-0.15, -0.1) is 0 Å². The van der Waals surface area contributed by atoms with Crippen molar-refractivity contribution in [2.24, 2.45) is 4.99 Å². The second-order valence-electron chi connectivity index (χ2n) is 6.08. The molecule has 1 nitrogen and oxygen atoms in total. The van der Waals surface area contributed by atoms with Gasteiger partial charge in [0, 0.05) is 11.8 Å². The summed E-state index contributed by atoms with van der Waals surface area (Å²) in [5.41, 5.74) is 1.37. The maximum Gasteiger partial charge on any atom is 0.0470 e. The Kier molecular flexibility index (Phi) is 13.8. The highest BCUT2D eigenvalue weighted by Gasteiger charge is 2.00.